The zero-order valence-electron chi connectivity index (χ0n) is 5.15. The molecule has 0 radical (unpaired) electrons. The van der Waals surface area contributed by atoms with E-state index in [1.807, 2.05) is 0 Å². The highest BCUT2D eigenvalue weighted by molar-refractivity contribution is 8.01. The van der Waals surface area contributed by atoms with Crippen LogP contribution in [0.4, 0.5) is 0 Å². The monoisotopic (exact) mass is 128 g/mol. The molecule has 1 aliphatic heterocycles. The van der Waals surface area contributed by atoms with Gasteiger partial charge in [0.15, 0.2) is 0 Å². The molecule has 0 atom stereocenters. The largest absolute Gasteiger partial charge is 0.155 e. The Hall–Kier alpha value is 0.350. The SMILES string of the molecule is C1CCC2(CC2)SC1. The summed E-state index contributed by atoms with van der Waals surface area (Å²) in [7, 11) is 0. The molecule has 0 bridgehead atoms. The summed E-state index contributed by atoms with van der Waals surface area (Å²) in [5.74, 6) is 1.44. The molecule has 0 aromatic rings. The van der Waals surface area contributed by atoms with Crippen LogP contribution >= 0.6 is 11.8 Å². The van der Waals surface area contributed by atoms with Crippen LogP contribution in [0.2, 0.25) is 0 Å². The molecule has 2 aliphatic rings. The summed E-state index contributed by atoms with van der Waals surface area (Å²) in [6.45, 7) is 0. The van der Waals surface area contributed by atoms with Gasteiger partial charge < -0.3 is 0 Å². The number of thioether (sulfide) groups is 1. The average molecular weight is 128 g/mol. The summed E-state index contributed by atoms with van der Waals surface area (Å²) >= 11 is 2.23. The van der Waals surface area contributed by atoms with E-state index in [-0.39, 0.29) is 0 Å². The number of hydrogen-bond donors (Lipinski definition) is 0. The lowest BCUT2D eigenvalue weighted by Crippen LogP contribution is -2.08. The lowest BCUT2D eigenvalue weighted by Gasteiger charge is -2.19. The van der Waals surface area contributed by atoms with Crippen LogP contribution < -0.4 is 0 Å². The van der Waals surface area contributed by atoms with Gasteiger partial charge in [0, 0.05) is 4.75 Å². The third kappa shape index (κ3) is 0.771. The van der Waals surface area contributed by atoms with Gasteiger partial charge in [-0.3, -0.25) is 0 Å². The van der Waals surface area contributed by atoms with Crippen molar-refractivity contribution in [2.75, 3.05) is 5.75 Å². The highest BCUT2D eigenvalue weighted by Gasteiger charge is 2.43. The van der Waals surface area contributed by atoms with Crippen molar-refractivity contribution in [1.29, 1.82) is 0 Å². The van der Waals surface area contributed by atoms with E-state index >= 15 is 0 Å². The highest BCUT2D eigenvalue weighted by Crippen LogP contribution is 2.54. The summed E-state index contributed by atoms with van der Waals surface area (Å²) in [4.78, 5) is 0. The Morgan fingerprint density at radius 1 is 1.00 bits per heavy atom. The number of hydrogen-bond acceptors (Lipinski definition) is 1. The Morgan fingerprint density at radius 2 is 1.88 bits per heavy atom. The van der Waals surface area contributed by atoms with Gasteiger partial charge in [-0.05, 0) is 31.4 Å². The molecule has 0 nitrogen and oxygen atoms in total. The van der Waals surface area contributed by atoms with Crippen LogP contribution in [0.25, 0.3) is 0 Å². The zero-order valence-corrected chi connectivity index (χ0v) is 5.97. The van der Waals surface area contributed by atoms with E-state index in [2.05, 4.69) is 11.8 Å². The highest BCUT2D eigenvalue weighted by atomic mass is 32.2. The van der Waals surface area contributed by atoms with Gasteiger partial charge in [-0.25, -0.2) is 0 Å². The minimum absolute atomic E-state index is 0.845. The van der Waals surface area contributed by atoms with E-state index in [4.69, 9.17) is 0 Å². The van der Waals surface area contributed by atoms with Crippen molar-refractivity contribution in [2.24, 2.45) is 0 Å². The normalized spacial score (nSPS) is 33.0. The fourth-order valence-electron chi connectivity index (χ4n) is 1.44. The first kappa shape index (κ1) is 5.16. The van der Waals surface area contributed by atoms with Crippen molar-refractivity contribution in [3.63, 3.8) is 0 Å². The fraction of sp³-hybridized carbons (Fsp3) is 1.00. The lowest BCUT2D eigenvalue weighted by molar-refractivity contribution is 0.664. The van der Waals surface area contributed by atoms with Gasteiger partial charge in [0.1, 0.15) is 0 Å². The van der Waals surface area contributed by atoms with Crippen LogP contribution in [-0.2, 0) is 0 Å². The van der Waals surface area contributed by atoms with Gasteiger partial charge in [0.25, 0.3) is 0 Å². The third-order valence-corrected chi connectivity index (χ3v) is 3.96. The molecule has 0 N–H and O–H groups in total. The smallest absolute Gasteiger partial charge is 0.0161 e. The van der Waals surface area contributed by atoms with Gasteiger partial charge in [0.05, 0.1) is 0 Å². The van der Waals surface area contributed by atoms with Gasteiger partial charge in [-0.2, -0.15) is 11.8 Å². The minimum atomic E-state index is 0.845. The van der Waals surface area contributed by atoms with E-state index in [1.165, 1.54) is 37.9 Å². The molecule has 0 amide bonds. The standard InChI is InChI=1S/C7H12S/c1-2-6-8-7(3-1)4-5-7/h1-6H2. The predicted octanol–water partition coefficient (Wildman–Crippen LogP) is 2.44. The molecule has 0 aromatic heterocycles. The van der Waals surface area contributed by atoms with E-state index in [0.29, 0.717) is 0 Å². The summed E-state index contributed by atoms with van der Waals surface area (Å²) < 4.78 is 0.845. The molecular weight excluding hydrogens is 116 g/mol. The predicted molar refractivity (Wildman–Crippen MR) is 38.3 cm³/mol. The molecule has 2 rings (SSSR count). The molecule has 1 heterocycles. The maximum Gasteiger partial charge on any atom is 0.0161 e. The van der Waals surface area contributed by atoms with Crippen molar-refractivity contribution in [2.45, 2.75) is 36.9 Å². The number of rotatable bonds is 0. The van der Waals surface area contributed by atoms with Crippen LogP contribution in [0.3, 0.4) is 0 Å². The first-order valence-electron chi connectivity index (χ1n) is 3.55. The van der Waals surface area contributed by atoms with Crippen LogP contribution in [0, 0.1) is 0 Å². The molecule has 1 heteroatoms. The van der Waals surface area contributed by atoms with Crippen molar-refractivity contribution in [1.82, 2.24) is 0 Å². The first-order chi connectivity index (χ1) is 3.91. The molecule has 0 unspecified atom stereocenters. The third-order valence-electron chi connectivity index (χ3n) is 2.24. The van der Waals surface area contributed by atoms with Crippen LogP contribution in [0.5, 0.6) is 0 Å². The van der Waals surface area contributed by atoms with Crippen molar-refractivity contribution < 1.29 is 0 Å². The van der Waals surface area contributed by atoms with Gasteiger partial charge in [0.2, 0.25) is 0 Å². The maximum absolute atomic E-state index is 2.23. The summed E-state index contributed by atoms with van der Waals surface area (Å²) in [5, 5.41) is 0. The second kappa shape index (κ2) is 1.66. The van der Waals surface area contributed by atoms with E-state index < -0.39 is 0 Å². The molecule has 1 saturated heterocycles. The second-order valence-corrected chi connectivity index (χ2v) is 4.55. The molecule has 8 heavy (non-hydrogen) atoms. The van der Waals surface area contributed by atoms with Crippen LogP contribution in [0.1, 0.15) is 32.1 Å². The van der Waals surface area contributed by atoms with Gasteiger partial charge in [-0.1, -0.05) is 6.42 Å². The van der Waals surface area contributed by atoms with E-state index in [1.54, 1.807) is 0 Å². The Bertz CT molecular complexity index is 86.6. The van der Waals surface area contributed by atoms with Crippen molar-refractivity contribution in [3.8, 4) is 0 Å². The molecule has 2 fully saturated rings. The fourth-order valence-corrected chi connectivity index (χ4v) is 2.90. The Balaban J connectivity index is 1.95. The average Bonchev–Trinajstić information content (AvgIpc) is 2.52. The minimum Gasteiger partial charge on any atom is -0.155 e. The summed E-state index contributed by atoms with van der Waals surface area (Å²) in [6, 6.07) is 0. The molecule has 1 spiro atoms. The topological polar surface area (TPSA) is 0 Å². The molecule has 1 aliphatic carbocycles. The van der Waals surface area contributed by atoms with Crippen molar-refractivity contribution in [3.05, 3.63) is 0 Å². The van der Waals surface area contributed by atoms with Crippen LogP contribution in [0.15, 0.2) is 0 Å². The van der Waals surface area contributed by atoms with E-state index in [9.17, 15) is 0 Å². The Morgan fingerprint density at radius 3 is 2.25 bits per heavy atom. The summed E-state index contributed by atoms with van der Waals surface area (Å²) in [5.41, 5.74) is 0. The summed E-state index contributed by atoms with van der Waals surface area (Å²) in [6.07, 6.45) is 7.56. The Kier molecular flexibility index (Phi) is 1.07. The zero-order chi connectivity index (χ0) is 5.45. The van der Waals surface area contributed by atoms with Gasteiger partial charge in [-0.15, -0.1) is 0 Å². The van der Waals surface area contributed by atoms with Gasteiger partial charge >= 0.3 is 0 Å². The first-order valence-corrected chi connectivity index (χ1v) is 4.54. The molecule has 0 aromatic carbocycles. The van der Waals surface area contributed by atoms with Crippen molar-refractivity contribution >= 4 is 11.8 Å². The van der Waals surface area contributed by atoms with E-state index in [0.717, 1.165) is 4.75 Å². The Labute approximate surface area is 55.0 Å². The van der Waals surface area contributed by atoms with Crippen LogP contribution in [-0.4, -0.2) is 10.5 Å². The molecule has 46 valence electrons. The quantitative estimate of drug-likeness (QED) is 0.483. The molecular formula is C7H12S. The lowest BCUT2D eigenvalue weighted by atomic mass is 10.2. The molecule has 1 saturated carbocycles. The second-order valence-electron chi connectivity index (χ2n) is 2.99. The maximum atomic E-state index is 2.23.